The van der Waals surface area contributed by atoms with Crippen molar-refractivity contribution in [2.45, 2.75) is 31.9 Å². The average Bonchev–Trinajstić information content (AvgIpc) is 2.96. The van der Waals surface area contributed by atoms with Crippen LogP contribution in [0.1, 0.15) is 19.3 Å². The molecular weight excluding hydrogens is 280 g/mol. The van der Waals surface area contributed by atoms with E-state index < -0.39 is 0 Å². The van der Waals surface area contributed by atoms with E-state index in [-0.39, 0.29) is 12.1 Å². The fraction of sp³-hybridized carbons (Fsp3) is 0.375. The van der Waals surface area contributed by atoms with E-state index >= 15 is 0 Å². The number of para-hydroxylation sites is 1. The summed E-state index contributed by atoms with van der Waals surface area (Å²) in [6.07, 6.45) is 7.10. The van der Waals surface area contributed by atoms with Crippen molar-refractivity contribution in [3.63, 3.8) is 0 Å². The summed E-state index contributed by atoms with van der Waals surface area (Å²) in [5, 5.41) is 9.81. The first-order chi connectivity index (χ1) is 10.8. The maximum absolute atomic E-state index is 11.9. The molecule has 1 atom stereocenters. The molecule has 116 valence electrons. The van der Waals surface area contributed by atoms with Crippen LogP contribution in [0, 0.1) is 0 Å². The number of anilines is 2. The lowest BCUT2D eigenvalue weighted by atomic mass is 10.1. The fourth-order valence-electron chi connectivity index (χ4n) is 2.50. The van der Waals surface area contributed by atoms with Gasteiger partial charge in [0, 0.05) is 18.5 Å². The van der Waals surface area contributed by atoms with Crippen LogP contribution in [-0.2, 0) is 11.3 Å². The Kier molecular flexibility index (Phi) is 4.70. The number of aromatic nitrogens is 2. The van der Waals surface area contributed by atoms with E-state index in [0.29, 0.717) is 5.69 Å². The number of rotatable bonds is 4. The number of urea groups is 1. The van der Waals surface area contributed by atoms with E-state index in [4.69, 9.17) is 4.74 Å². The van der Waals surface area contributed by atoms with Gasteiger partial charge in [-0.3, -0.25) is 4.68 Å². The summed E-state index contributed by atoms with van der Waals surface area (Å²) >= 11 is 0. The van der Waals surface area contributed by atoms with Crippen LogP contribution >= 0.6 is 0 Å². The van der Waals surface area contributed by atoms with Crippen LogP contribution in [0.4, 0.5) is 16.2 Å². The van der Waals surface area contributed by atoms with Crippen LogP contribution in [0.15, 0.2) is 42.7 Å². The van der Waals surface area contributed by atoms with Crippen molar-refractivity contribution in [2.75, 3.05) is 17.2 Å². The second kappa shape index (κ2) is 7.09. The Labute approximate surface area is 129 Å². The van der Waals surface area contributed by atoms with Crippen LogP contribution in [-0.4, -0.2) is 28.5 Å². The normalized spacial score (nSPS) is 17.9. The van der Waals surface area contributed by atoms with E-state index in [2.05, 4.69) is 15.7 Å². The first kappa shape index (κ1) is 14.6. The molecule has 1 aromatic carbocycles. The highest BCUT2D eigenvalue weighted by Crippen LogP contribution is 2.15. The van der Waals surface area contributed by atoms with Crippen molar-refractivity contribution >= 4 is 17.4 Å². The van der Waals surface area contributed by atoms with Gasteiger partial charge < -0.3 is 15.4 Å². The van der Waals surface area contributed by atoms with Crippen molar-refractivity contribution in [1.82, 2.24) is 9.78 Å². The minimum atomic E-state index is -0.278. The summed E-state index contributed by atoms with van der Waals surface area (Å²) in [4.78, 5) is 11.9. The molecule has 0 bridgehead atoms. The Morgan fingerprint density at radius 3 is 2.82 bits per heavy atom. The van der Waals surface area contributed by atoms with E-state index in [1.165, 1.54) is 6.42 Å². The predicted molar refractivity (Wildman–Crippen MR) is 84.9 cm³/mol. The third-order valence-corrected chi connectivity index (χ3v) is 3.59. The van der Waals surface area contributed by atoms with Gasteiger partial charge >= 0.3 is 6.03 Å². The predicted octanol–water partition coefficient (Wildman–Crippen LogP) is 3.10. The Balaban J connectivity index is 1.51. The van der Waals surface area contributed by atoms with Gasteiger partial charge in [0.15, 0.2) is 0 Å². The van der Waals surface area contributed by atoms with E-state index in [0.717, 1.165) is 31.7 Å². The first-order valence-electron chi connectivity index (χ1n) is 7.57. The topological polar surface area (TPSA) is 68.2 Å². The van der Waals surface area contributed by atoms with Crippen molar-refractivity contribution < 1.29 is 9.53 Å². The lowest BCUT2D eigenvalue weighted by Crippen LogP contribution is -2.24. The van der Waals surface area contributed by atoms with Gasteiger partial charge in [-0.25, -0.2) is 4.79 Å². The highest BCUT2D eigenvalue weighted by Gasteiger charge is 2.15. The Hall–Kier alpha value is -2.34. The second-order valence-electron chi connectivity index (χ2n) is 5.38. The van der Waals surface area contributed by atoms with Gasteiger partial charge in [0.25, 0.3) is 0 Å². The van der Waals surface area contributed by atoms with Crippen molar-refractivity contribution in [2.24, 2.45) is 0 Å². The summed E-state index contributed by atoms with van der Waals surface area (Å²) in [5.74, 6) is 0. The molecule has 2 heterocycles. The molecule has 2 N–H and O–H groups in total. The molecule has 2 amide bonds. The molecule has 0 unspecified atom stereocenters. The SMILES string of the molecule is O=C(Nc1ccccc1)Nc1cnn(C[C@H]2CCCCO2)c1. The molecule has 6 nitrogen and oxygen atoms in total. The van der Waals surface area contributed by atoms with Gasteiger partial charge in [0.05, 0.1) is 24.5 Å². The standard InChI is InChI=1S/C16H20N4O2/c21-16(18-13-6-2-1-3-7-13)19-14-10-17-20(11-14)12-15-8-4-5-9-22-15/h1-3,6-7,10-11,15H,4-5,8-9,12H2,(H2,18,19,21)/t15-/m1/s1. The maximum Gasteiger partial charge on any atom is 0.323 e. The molecule has 0 radical (unpaired) electrons. The number of nitrogens with one attached hydrogen (secondary N) is 2. The molecule has 3 rings (SSSR count). The number of ether oxygens (including phenoxy) is 1. The molecule has 0 spiro atoms. The van der Waals surface area contributed by atoms with Gasteiger partial charge in [-0.05, 0) is 31.4 Å². The van der Waals surface area contributed by atoms with E-state index in [1.54, 1.807) is 6.20 Å². The number of carbonyl (C=O) groups is 1. The molecule has 0 saturated carbocycles. The van der Waals surface area contributed by atoms with Crippen LogP contribution in [0.2, 0.25) is 0 Å². The van der Waals surface area contributed by atoms with Crippen LogP contribution in [0.5, 0.6) is 0 Å². The Bertz CT molecular complexity index is 606. The van der Waals surface area contributed by atoms with Crippen LogP contribution < -0.4 is 10.6 Å². The highest BCUT2D eigenvalue weighted by atomic mass is 16.5. The monoisotopic (exact) mass is 300 g/mol. The molecule has 0 aliphatic carbocycles. The number of carbonyl (C=O) groups excluding carboxylic acids is 1. The zero-order valence-electron chi connectivity index (χ0n) is 12.4. The zero-order chi connectivity index (χ0) is 15.2. The van der Waals surface area contributed by atoms with Gasteiger partial charge in [-0.15, -0.1) is 0 Å². The number of hydrogen-bond acceptors (Lipinski definition) is 3. The number of amides is 2. The second-order valence-corrected chi connectivity index (χ2v) is 5.38. The lowest BCUT2D eigenvalue weighted by Gasteiger charge is -2.22. The number of hydrogen-bond donors (Lipinski definition) is 2. The average molecular weight is 300 g/mol. The van der Waals surface area contributed by atoms with Crippen LogP contribution in [0.25, 0.3) is 0 Å². The molecule has 1 aliphatic rings. The molecule has 6 heteroatoms. The van der Waals surface area contributed by atoms with E-state index in [1.807, 2.05) is 41.2 Å². The van der Waals surface area contributed by atoms with Crippen LogP contribution in [0.3, 0.4) is 0 Å². The van der Waals surface area contributed by atoms with Crippen molar-refractivity contribution in [3.05, 3.63) is 42.7 Å². The van der Waals surface area contributed by atoms with Gasteiger partial charge in [-0.2, -0.15) is 5.10 Å². The number of benzene rings is 1. The fourth-order valence-corrected chi connectivity index (χ4v) is 2.50. The summed E-state index contributed by atoms with van der Waals surface area (Å²) < 4.78 is 7.50. The molecule has 1 aromatic heterocycles. The summed E-state index contributed by atoms with van der Waals surface area (Å²) in [7, 11) is 0. The summed E-state index contributed by atoms with van der Waals surface area (Å²) in [5.41, 5.74) is 1.42. The molecule has 2 aromatic rings. The third-order valence-electron chi connectivity index (χ3n) is 3.59. The van der Waals surface area contributed by atoms with E-state index in [9.17, 15) is 4.79 Å². The zero-order valence-corrected chi connectivity index (χ0v) is 12.4. The lowest BCUT2D eigenvalue weighted by molar-refractivity contribution is 0.00401. The van der Waals surface area contributed by atoms with Gasteiger partial charge in [0.1, 0.15) is 0 Å². The third kappa shape index (κ3) is 4.08. The quantitative estimate of drug-likeness (QED) is 0.911. The largest absolute Gasteiger partial charge is 0.376 e. The number of nitrogens with zero attached hydrogens (tertiary/aromatic N) is 2. The molecule has 1 saturated heterocycles. The highest BCUT2D eigenvalue weighted by molar-refractivity contribution is 5.99. The van der Waals surface area contributed by atoms with Crippen molar-refractivity contribution in [1.29, 1.82) is 0 Å². The molecule has 22 heavy (non-hydrogen) atoms. The molecular formula is C16H20N4O2. The minimum absolute atomic E-state index is 0.222. The molecule has 1 fully saturated rings. The van der Waals surface area contributed by atoms with Gasteiger partial charge in [-0.1, -0.05) is 18.2 Å². The van der Waals surface area contributed by atoms with Gasteiger partial charge in [0.2, 0.25) is 0 Å². The molecule has 1 aliphatic heterocycles. The first-order valence-corrected chi connectivity index (χ1v) is 7.57. The smallest absolute Gasteiger partial charge is 0.323 e. The Morgan fingerprint density at radius 2 is 2.05 bits per heavy atom. The minimum Gasteiger partial charge on any atom is -0.376 e. The Morgan fingerprint density at radius 1 is 1.23 bits per heavy atom. The maximum atomic E-state index is 11.9. The van der Waals surface area contributed by atoms with Crippen molar-refractivity contribution in [3.8, 4) is 0 Å². The summed E-state index contributed by atoms with van der Waals surface area (Å²) in [6.45, 7) is 1.55. The summed E-state index contributed by atoms with van der Waals surface area (Å²) in [6, 6.07) is 9.04.